The summed E-state index contributed by atoms with van der Waals surface area (Å²) in [5, 5.41) is 0. The van der Waals surface area contributed by atoms with E-state index in [0.29, 0.717) is 32.5 Å². The second-order valence-corrected chi connectivity index (χ2v) is 9.83. The predicted octanol–water partition coefficient (Wildman–Crippen LogP) is 2.86. The van der Waals surface area contributed by atoms with Gasteiger partial charge in [-0.15, -0.1) is 0 Å². The van der Waals surface area contributed by atoms with Gasteiger partial charge >= 0.3 is 0 Å². The summed E-state index contributed by atoms with van der Waals surface area (Å²) in [5.74, 6) is -0.323. The Kier molecular flexibility index (Phi) is 5.95. The molecule has 1 aromatic heterocycles. The van der Waals surface area contributed by atoms with Crippen molar-refractivity contribution in [3.63, 3.8) is 0 Å². The van der Waals surface area contributed by atoms with Crippen molar-refractivity contribution in [2.75, 3.05) is 18.9 Å². The van der Waals surface area contributed by atoms with Crippen molar-refractivity contribution in [1.29, 1.82) is 0 Å². The Balaban J connectivity index is 1.55. The molecule has 0 unspecified atom stereocenters. The molecule has 7 nitrogen and oxygen atoms in total. The van der Waals surface area contributed by atoms with E-state index in [4.69, 9.17) is 16.2 Å². The number of ether oxygens (including phenoxy) is 1. The first-order valence-corrected chi connectivity index (χ1v) is 11.2. The van der Waals surface area contributed by atoms with Gasteiger partial charge in [0, 0.05) is 38.2 Å². The van der Waals surface area contributed by atoms with E-state index in [0.717, 1.165) is 30.5 Å². The maximum atomic E-state index is 13.5. The number of benzene rings is 1. The van der Waals surface area contributed by atoms with Crippen LogP contribution in [0, 0.1) is 5.41 Å². The second-order valence-electron chi connectivity index (χ2n) is 9.83. The summed E-state index contributed by atoms with van der Waals surface area (Å²) in [4.78, 5) is 31.4. The lowest BCUT2D eigenvalue weighted by Gasteiger charge is -2.45. The highest BCUT2D eigenvalue weighted by Crippen LogP contribution is 2.44. The Morgan fingerprint density at radius 1 is 1.22 bits per heavy atom. The Morgan fingerprint density at radius 2 is 1.97 bits per heavy atom. The minimum absolute atomic E-state index is 0.127. The largest absolute Gasteiger partial charge is 0.383 e. The lowest BCUT2D eigenvalue weighted by atomic mass is 9.68. The molecular formula is C25H32N4O3. The van der Waals surface area contributed by atoms with Crippen LogP contribution in [0.4, 0.5) is 5.82 Å². The minimum Gasteiger partial charge on any atom is -0.383 e. The normalized spacial score (nSPS) is 22.2. The fourth-order valence-corrected chi connectivity index (χ4v) is 5.31. The van der Waals surface area contributed by atoms with Crippen molar-refractivity contribution < 1.29 is 14.3 Å². The standard InChI is InChI=1S/C25H32N4O3/c1-24(2)16-25(9-11-32-24,13-17-6-4-3-5-7-17)14-21(30)29-10-8-20-18(15-29)12-19(23(27)31)22(26)28-20/h3-7,12H,8-11,13-16H2,1-2H3,(H2,26,28)(H2,27,31)/t25-/m0/s1. The molecule has 2 aliphatic heterocycles. The van der Waals surface area contributed by atoms with Crippen molar-refractivity contribution in [1.82, 2.24) is 9.88 Å². The average molecular weight is 437 g/mol. The molecule has 2 aliphatic rings. The maximum Gasteiger partial charge on any atom is 0.252 e. The van der Waals surface area contributed by atoms with Crippen molar-refractivity contribution in [3.05, 3.63) is 58.8 Å². The molecule has 1 atom stereocenters. The summed E-state index contributed by atoms with van der Waals surface area (Å²) < 4.78 is 5.99. The Labute approximate surface area is 189 Å². The molecule has 170 valence electrons. The zero-order chi connectivity index (χ0) is 22.9. The number of carbonyl (C=O) groups is 2. The van der Waals surface area contributed by atoms with Gasteiger partial charge in [-0.3, -0.25) is 9.59 Å². The van der Waals surface area contributed by atoms with Crippen LogP contribution in [-0.4, -0.2) is 40.5 Å². The number of primary amides is 1. The molecule has 1 fully saturated rings. The summed E-state index contributed by atoms with van der Waals surface area (Å²) in [6, 6.07) is 12.1. The Morgan fingerprint density at radius 3 is 2.66 bits per heavy atom. The van der Waals surface area contributed by atoms with Crippen LogP contribution in [0.25, 0.3) is 0 Å². The van der Waals surface area contributed by atoms with Gasteiger partial charge in [0.15, 0.2) is 0 Å². The number of fused-ring (bicyclic) bond motifs is 1. The van der Waals surface area contributed by atoms with Gasteiger partial charge in [-0.1, -0.05) is 30.3 Å². The molecule has 1 saturated heterocycles. The number of pyridine rings is 1. The lowest BCUT2D eigenvalue weighted by Crippen LogP contribution is -2.46. The number of nitrogens with two attached hydrogens (primary N) is 2. The Hall–Kier alpha value is -2.93. The third-order valence-electron chi connectivity index (χ3n) is 6.69. The van der Waals surface area contributed by atoms with Crippen LogP contribution in [-0.2, 0) is 28.9 Å². The number of nitrogens with zero attached hydrogens (tertiary/aromatic N) is 2. The molecule has 2 aromatic rings. The van der Waals surface area contributed by atoms with E-state index in [1.807, 2.05) is 23.1 Å². The number of rotatable bonds is 5. The van der Waals surface area contributed by atoms with Gasteiger partial charge < -0.3 is 21.1 Å². The van der Waals surface area contributed by atoms with E-state index in [2.05, 4.69) is 31.0 Å². The van der Waals surface area contributed by atoms with E-state index >= 15 is 0 Å². The van der Waals surface area contributed by atoms with Crippen molar-refractivity contribution >= 4 is 17.6 Å². The summed E-state index contributed by atoms with van der Waals surface area (Å²) in [5.41, 5.74) is 14.0. The predicted molar refractivity (Wildman–Crippen MR) is 123 cm³/mol. The number of amides is 2. The van der Waals surface area contributed by atoms with Crippen molar-refractivity contribution in [2.24, 2.45) is 11.1 Å². The molecule has 4 N–H and O–H groups in total. The monoisotopic (exact) mass is 436 g/mol. The van der Waals surface area contributed by atoms with E-state index < -0.39 is 5.91 Å². The van der Waals surface area contributed by atoms with Gasteiger partial charge in [0.2, 0.25) is 5.91 Å². The van der Waals surface area contributed by atoms with Crippen LogP contribution in [0.3, 0.4) is 0 Å². The fraction of sp³-hybridized carbons (Fsp3) is 0.480. The molecule has 7 heteroatoms. The number of carbonyl (C=O) groups excluding carboxylic acids is 2. The fourth-order valence-electron chi connectivity index (χ4n) is 5.31. The first kappa shape index (κ1) is 22.3. The molecule has 0 radical (unpaired) electrons. The average Bonchev–Trinajstić information content (AvgIpc) is 2.72. The zero-order valence-corrected chi connectivity index (χ0v) is 18.9. The quantitative estimate of drug-likeness (QED) is 0.749. The summed E-state index contributed by atoms with van der Waals surface area (Å²) >= 11 is 0. The van der Waals surface area contributed by atoms with Crippen LogP contribution < -0.4 is 11.5 Å². The third-order valence-corrected chi connectivity index (χ3v) is 6.69. The smallest absolute Gasteiger partial charge is 0.252 e. The number of hydrogen-bond donors (Lipinski definition) is 2. The van der Waals surface area contributed by atoms with Crippen LogP contribution >= 0.6 is 0 Å². The molecule has 32 heavy (non-hydrogen) atoms. The molecule has 2 amide bonds. The highest BCUT2D eigenvalue weighted by atomic mass is 16.5. The highest BCUT2D eigenvalue weighted by molar-refractivity contribution is 5.97. The molecule has 1 aromatic carbocycles. The zero-order valence-electron chi connectivity index (χ0n) is 18.9. The van der Waals surface area contributed by atoms with E-state index in [1.165, 1.54) is 5.56 Å². The van der Waals surface area contributed by atoms with Crippen LogP contribution in [0.2, 0.25) is 0 Å². The van der Waals surface area contributed by atoms with E-state index in [9.17, 15) is 9.59 Å². The lowest BCUT2D eigenvalue weighted by molar-refractivity contribution is -0.142. The first-order chi connectivity index (χ1) is 15.2. The maximum absolute atomic E-state index is 13.5. The molecule has 3 heterocycles. The number of aromatic nitrogens is 1. The second kappa shape index (κ2) is 8.54. The van der Waals surface area contributed by atoms with Gasteiger partial charge in [-0.25, -0.2) is 4.98 Å². The molecule has 0 spiro atoms. The number of anilines is 1. The van der Waals surface area contributed by atoms with Gasteiger partial charge in [-0.2, -0.15) is 0 Å². The molecule has 0 aliphatic carbocycles. The van der Waals surface area contributed by atoms with E-state index in [1.54, 1.807) is 6.07 Å². The van der Waals surface area contributed by atoms with Gasteiger partial charge in [0.1, 0.15) is 5.82 Å². The van der Waals surface area contributed by atoms with Gasteiger partial charge in [0.05, 0.1) is 11.2 Å². The number of nitrogen functional groups attached to an aromatic ring is 1. The number of hydrogen-bond acceptors (Lipinski definition) is 5. The first-order valence-electron chi connectivity index (χ1n) is 11.2. The van der Waals surface area contributed by atoms with Crippen LogP contribution in [0.15, 0.2) is 36.4 Å². The topological polar surface area (TPSA) is 112 Å². The molecular weight excluding hydrogens is 404 g/mol. The van der Waals surface area contributed by atoms with E-state index in [-0.39, 0.29) is 28.3 Å². The Bertz CT molecular complexity index is 1020. The SMILES string of the molecule is CC1(C)C[C@](CC(=O)N2CCc3nc(N)c(C(N)=O)cc3C2)(Cc2ccccc2)CCO1. The molecule has 0 bridgehead atoms. The summed E-state index contributed by atoms with van der Waals surface area (Å²) in [6.45, 7) is 5.88. The van der Waals surface area contributed by atoms with Crippen molar-refractivity contribution in [3.8, 4) is 0 Å². The molecule has 0 saturated carbocycles. The van der Waals surface area contributed by atoms with Crippen molar-refractivity contribution in [2.45, 2.75) is 58.1 Å². The minimum atomic E-state index is -0.604. The van der Waals surface area contributed by atoms with Gasteiger partial charge in [-0.05, 0) is 55.7 Å². The molecule has 4 rings (SSSR count). The van der Waals surface area contributed by atoms with Gasteiger partial charge in [0.25, 0.3) is 5.91 Å². The summed E-state index contributed by atoms with van der Waals surface area (Å²) in [6.07, 6.45) is 3.61. The van der Waals surface area contributed by atoms with Crippen LogP contribution in [0.5, 0.6) is 0 Å². The third kappa shape index (κ3) is 4.78. The highest BCUT2D eigenvalue weighted by Gasteiger charge is 2.43. The van der Waals surface area contributed by atoms with Crippen LogP contribution in [0.1, 0.15) is 60.3 Å². The summed E-state index contributed by atoms with van der Waals surface area (Å²) in [7, 11) is 0.